The summed E-state index contributed by atoms with van der Waals surface area (Å²) in [5, 5.41) is 51.6. The van der Waals surface area contributed by atoms with E-state index in [4.69, 9.17) is 24.1 Å². The molecule has 0 aromatic heterocycles. The van der Waals surface area contributed by atoms with E-state index in [-0.39, 0.29) is 30.4 Å². The number of likely N-dealkylation sites (N-methyl/N-ethyl adjacent to an activating group) is 1. The van der Waals surface area contributed by atoms with Crippen molar-refractivity contribution in [2.45, 2.75) is 86.6 Å². The molecule has 266 valence electrons. The number of carboxylic acid groups (broad SMARTS) is 2. The molecule has 15 nitrogen and oxygen atoms in total. The first-order chi connectivity index (χ1) is 23.8. The Morgan fingerprint density at radius 1 is 1.02 bits per heavy atom. The molecule has 2 heterocycles. The van der Waals surface area contributed by atoms with Crippen molar-refractivity contribution in [2.24, 2.45) is 0 Å². The first kappa shape index (κ1) is 35.0. The Bertz CT molecular complexity index is 1740. The standard InChI is InChI=1S/C35H37NO14/c1-36-13-5-11-34-27-19-8-9-20(17-37)28(27)49-30(34)22(10-12-35(34,46)24(36)14-19)47-26(41)15-21(38)32(44)50-29(18-6-3-2-4-7-18)33(45)48-23(31(42)43)16-25(39)40/h2-4,6-10,21,23-24,29-30,37-38,46H,5,11-17H2,1H3,(H,39,40)(H,42,43)/t21-,23+,24+,29-,30-,34-,35+/m0/s1. The molecular formula is C35H37NO14. The van der Waals surface area contributed by atoms with Gasteiger partial charge in [0.1, 0.15) is 11.5 Å². The van der Waals surface area contributed by atoms with Crippen LogP contribution < -0.4 is 4.74 Å². The van der Waals surface area contributed by atoms with E-state index >= 15 is 0 Å². The highest BCUT2D eigenvalue weighted by atomic mass is 16.6. The maximum Gasteiger partial charge on any atom is 0.353 e. The van der Waals surface area contributed by atoms with Crippen LogP contribution in [-0.2, 0) is 56.6 Å². The lowest BCUT2D eigenvalue weighted by Gasteiger charge is -2.56. The number of carbonyl (C=O) groups excluding carboxylic acids is 3. The minimum atomic E-state index is -2.14. The molecule has 5 N–H and O–H groups in total. The number of carboxylic acids is 2. The van der Waals surface area contributed by atoms with E-state index in [1.165, 1.54) is 24.3 Å². The van der Waals surface area contributed by atoms with Crippen LogP contribution in [0.5, 0.6) is 5.75 Å². The largest absolute Gasteiger partial charge is 0.481 e. The summed E-state index contributed by atoms with van der Waals surface area (Å²) in [6, 6.07) is 10.7. The zero-order valence-electron chi connectivity index (χ0n) is 27.0. The molecule has 2 aromatic rings. The number of ether oxygens (including phenoxy) is 4. The van der Waals surface area contributed by atoms with E-state index in [1.807, 2.05) is 13.1 Å². The van der Waals surface area contributed by atoms with Crippen molar-refractivity contribution in [3.05, 3.63) is 76.6 Å². The Kier molecular flexibility index (Phi) is 9.43. The van der Waals surface area contributed by atoms with Gasteiger partial charge in [-0.1, -0.05) is 42.5 Å². The first-order valence-electron chi connectivity index (χ1n) is 16.2. The lowest BCUT2D eigenvalue weighted by molar-refractivity contribution is -0.182. The third kappa shape index (κ3) is 5.89. The summed E-state index contributed by atoms with van der Waals surface area (Å²) in [5.41, 5.74) is 0.0201. The molecule has 15 heteroatoms. The van der Waals surface area contributed by atoms with Crippen molar-refractivity contribution in [1.82, 2.24) is 4.90 Å². The van der Waals surface area contributed by atoms with Gasteiger partial charge in [-0.05, 0) is 44.5 Å². The fourth-order valence-corrected chi connectivity index (χ4v) is 7.92. The molecule has 0 unspecified atom stereocenters. The van der Waals surface area contributed by atoms with Crippen LogP contribution in [0.1, 0.15) is 60.5 Å². The quantitative estimate of drug-likeness (QED) is 0.154. The minimum absolute atomic E-state index is 0.0265. The molecule has 0 saturated carbocycles. The van der Waals surface area contributed by atoms with Gasteiger partial charge in [0.25, 0.3) is 0 Å². The Morgan fingerprint density at radius 2 is 1.76 bits per heavy atom. The molecule has 2 aliphatic carbocycles. The highest BCUT2D eigenvalue weighted by Crippen LogP contribution is 2.64. The second kappa shape index (κ2) is 13.5. The fraction of sp³-hybridized carbons (Fsp3) is 0.457. The van der Waals surface area contributed by atoms with Gasteiger partial charge in [-0.3, -0.25) is 9.59 Å². The molecule has 4 aliphatic rings. The van der Waals surface area contributed by atoms with Crippen LogP contribution in [0.25, 0.3) is 0 Å². The normalized spacial score (nSPS) is 26.5. The van der Waals surface area contributed by atoms with Gasteiger partial charge < -0.3 is 49.4 Å². The van der Waals surface area contributed by atoms with E-state index in [0.717, 1.165) is 17.7 Å². The Balaban J connectivity index is 1.20. The Morgan fingerprint density at radius 3 is 2.44 bits per heavy atom. The van der Waals surface area contributed by atoms with Gasteiger partial charge in [0.15, 0.2) is 12.2 Å². The van der Waals surface area contributed by atoms with Gasteiger partial charge in [0.2, 0.25) is 12.2 Å². The van der Waals surface area contributed by atoms with Crippen molar-refractivity contribution in [3.8, 4) is 5.75 Å². The molecule has 50 heavy (non-hydrogen) atoms. The summed E-state index contributed by atoms with van der Waals surface area (Å²) in [7, 11) is 1.96. The summed E-state index contributed by atoms with van der Waals surface area (Å²) < 4.78 is 22.2. The smallest absolute Gasteiger partial charge is 0.353 e. The SMILES string of the molecule is CN1CCC[C@]23c4c5ccc(CO)c4O[C@H]2C(OC(=O)C[C@H](O)C(=O)O[C@H](C(=O)O[C@H](CC(=O)O)C(=O)O)c2ccccc2)=CC[C@@]3(O)[C@H]1C5. The summed E-state index contributed by atoms with van der Waals surface area (Å²) in [6.45, 7) is 0.406. The van der Waals surface area contributed by atoms with Crippen LogP contribution in [0.15, 0.2) is 54.3 Å². The van der Waals surface area contributed by atoms with Crippen LogP contribution in [0.3, 0.4) is 0 Å². The van der Waals surface area contributed by atoms with Gasteiger partial charge in [0, 0.05) is 29.2 Å². The van der Waals surface area contributed by atoms with Crippen molar-refractivity contribution in [1.29, 1.82) is 0 Å². The molecule has 6 rings (SSSR count). The van der Waals surface area contributed by atoms with Gasteiger partial charge in [-0.25, -0.2) is 14.4 Å². The molecule has 2 aliphatic heterocycles. The number of nitrogens with zero attached hydrogens (tertiary/aromatic N) is 1. The number of aliphatic hydroxyl groups is 3. The number of carbonyl (C=O) groups is 5. The average Bonchev–Trinajstić information content (AvgIpc) is 3.42. The molecule has 1 saturated heterocycles. The zero-order chi connectivity index (χ0) is 36.0. The predicted octanol–water partition coefficient (Wildman–Crippen LogP) is 0.897. The van der Waals surface area contributed by atoms with E-state index in [9.17, 15) is 44.4 Å². The fourth-order valence-electron chi connectivity index (χ4n) is 7.92. The highest BCUT2D eigenvalue weighted by Gasteiger charge is 2.70. The van der Waals surface area contributed by atoms with Gasteiger partial charge >= 0.3 is 29.8 Å². The van der Waals surface area contributed by atoms with Crippen molar-refractivity contribution < 1.29 is 68.5 Å². The molecular weight excluding hydrogens is 658 g/mol. The monoisotopic (exact) mass is 695 g/mol. The molecule has 2 aromatic carbocycles. The molecule has 1 spiro atoms. The number of esters is 3. The van der Waals surface area contributed by atoms with Crippen LogP contribution in [0, 0.1) is 0 Å². The molecule has 0 amide bonds. The van der Waals surface area contributed by atoms with Crippen molar-refractivity contribution in [2.75, 3.05) is 13.6 Å². The third-order valence-corrected chi connectivity index (χ3v) is 10.2. The topological polar surface area (TPSA) is 227 Å². The number of hydrogen-bond donors (Lipinski definition) is 5. The van der Waals surface area contributed by atoms with Crippen LogP contribution in [0.4, 0.5) is 0 Å². The van der Waals surface area contributed by atoms with Gasteiger partial charge in [-0.2, -0.15) is 0 Å². The highest BCUT2D eigenvalue weighted by molar-refractivity contribution is 5.87. The lowest BCUT2D eigenvalue weighted by Crippen LogP contribution is -2.69. The summed E-state index contributed by atoms with van der Waals surface area (Å²) in [4.78, 5) is 63.9. The Hall–Kier alpha value is -4.83. The summed E-state index contributed by atoms with van der Waals surface area (Å²) >= 11 is 0. The van der Waals surface area contributed by atoms with Crippen LogP contribution in [-0.4, -0.2) is 104 Å². The van der Waals surface area contributed by atoms with E-state index in [0.29, 0.717) is 30.6 Å². The number of likely N-dealkylation sites (tertiary alicyclic amines) is 1. The molecule has 2 bridgehead atoms. The van der Waals surface area contributed by atoms with Crippen molar-refractivity contribution >= 4 is 29.8 Å². The van der Waals surface area contributed by atoms with E-state index in [2.05, 4.69) is 4.90 Å². The number of benzene rings is 2. The van der Waals surface area contributed by atoms with Gasteiger partial charge in [-0.15, -0.1) is 0 Å². The third-order valence-electron chi connectivity index (χ3n) is 10.2. The number of aliphatic carboxylic acids is 2. The van der Waals surface area contributed by atoms with Gasteiger partial charge in [0.05, 0.1) is 30.5 Å². The van der Waals surface area contributed by atoms with E-state index in [1.54, 1.807) is 18.2 Å². The van der Waals surface area contributed by atoms with E-state index < -0.39 is 78.1 Å². The van der Waals surface area contributed by atoms with Crippen LogP contribution in [0.2, 0.25) is 0 Å². The molecule has 7 atom stereocenters. The summed E-state index contributed by atoms with van der Waals surface area (Å²) in [6.07, 6.45) is -5.61. The number of hydrogen-bond acceptors (Lipinski definition) is 13. The maximum absolute atomic E-state index is 13.2. The predicted molar refractivity (Wildman–Crippen MR) is 167 cm³/mol. The zero-order valence-corrected chi connectivity index (χ0v) is 27.0. The molecule has 0 radical (unpaired) electrons. The average molecular weight is 696 g/mol. The van der Waals surface area contributed by atoms with Crippen molar-refractivity contribution in [3.63, 3.8) is 0 Å². The Labute approximate surface area is 285 Å². The first-order valence-corrected chi connectivity index (χ1v) is 16.2. The second-order valence-electron chi connectivity index (χ2n) is 13.0. The summed E-state index contributed by atoms with van der Waals surface area (Å²) in [5.74, 6) is -6.67. The lowest BCUT2D eigenvalue weighted by atomic mass is 9.52. The number of rotatable bonds is 12. The number of aliphatic hydroxyl groups excluding tert-OH is 2. The minimum Gasteiger partial charge on any atom is -0.481 e. The van der Waals surface area contributed by atoms with Crippen LogP contribution >= 0.6 is 0 Å². The maximum atomic E-state index is 13.2. The molecule has 1 fully saturated rings. The second-order valence-corrected chi connectivity index (χ2v) is 13.0.